The van der Waals surface area contributed by atoms with E-state index in [1.54, 1.807) is 0 Å². The summed E-state index contributed by atoms with van der Waals surface area (Å²) in [5.41, 5.74) is 2.14. The van der Waals surface area contributed by atoms with E-state index >= 15 is 0 Å². The number of ether oxygens (including phenoxy) is 1. The topological polar surface area (TPSA) is 24.5 Å². The molecular weight excluding hydrogens is 212 g/mol. The first-order chi connectivity index (χ1) is 7.31. The van der Waals surface area contributed by atoms with Crippen LogP contribution in [0.4, 0.5) is 11.4 Å². The summed E-state index contributed by atoms with van der Waals surface area (Å²) >= 11 is 6.22. The van der Waals surface area contributed by atoms with Crippen LogP contribution in [0.2, 0.25) is 5.02 Å². The van der Waals surface area contributed by atoms with Crippen molar-refractivity contribution in [2.75, 3.05) is 43.6 Å². The van der Waals surface area contributed by atoms with Crippen molar-refractivity contribution in [3.63, 3.8) is 0 Å². The maximum absolute atomic E-state index is 6.22. The van der Waals surface area contributed by atoms with E-state index in [1.807, 2.05) is 19.2 Å². The molecule has 15 heavy (non-hydrogen) atoms. The largest absolute Gasteiger partial charge is 0.388 e. The molecule has 82 valence electrons. The van der Waals surface area contributed by atoms with Gasteiger partial charge in [0.2, 0.25) is 0 Å². The van der Waals surface area contributed by atoms with Crippen molar-refractivity contribution < 1.29 is 4.74 Å². The summed E-state index contributed by atoms with van der Waals surface area (Å²) in [7, 11) is 1.89. The van der Waals surface area contributed by atoms with Gasteiger partial charge in [-0.3, -0.25) is 0 Å². The number of rotatable bonds is 2. The predicted molar refractivity (Wildman–Crippen MR) is 64.0 cm³/mol. The Morgan fingerprint density at radius 2 is 2.07 bits per heavy atom. The van der Waals surface area contributed by atoms with Gasteiger partial charge < -0.3 is 15.0 Å². The van der Waals surface area contributed by atoms with Crippen LogP contribution in [0.5, 0.6) is 0 Å². The van der Waals surface area contributed by atoms with Crippen LogP contribution in [0.25, 0.3) is 0 Å². The third-order valence-electron chi connectivity index (χ3n) is 2.59. The predicted octanol–water partition coefficient (Wildman–Crippen LogP) is 2.22. The van der Waals surface area contributed by atoms with Crippen LogP contribution in [-0.2, 0) is 4.74 Å². The van der Waals surface area contributed by atoms with Crippen LogP contribution in [0.1, 0.15) is 0 Å². The lowest BCUT2D eigenvalue weighted by Gasteiger charge is -2.29. The third kappa shape index (κ3) is 2.36. The third-order valence-corrected chi connectivity index (χ3v) is 2.89. The number of hydrogen-bond donors (Lipinski definition) is 1. The molecule has 0 amide bonds. The average molecular weight is 227 g/mol. The Bertz CT molecular complexity index is 337. The summed E-state index contributed by atoms with van der Waals surface area (Å²) in [6.07, 6.45) is 0. The van der Waals surface area contributed by atoms with Crippen molar-refractivity contribution in [2.24, 2.45) is 0 Å². The second-order valence-corrected chi connectivity index (χ2v) is 3.92. The molecule has 4 heteroatoms. The van der Waals surface area contributed by atoms with Crippen LogP contribution in [0.3, 0.4) is 0 Å². The zero-order chi connectivity index (χ0) is 10.7. The molecule has 1 aliphatic heterocycles. The molecule has 0 radical (unpaired) electrons. The van der Waals surface area contributed by atoms with Crippen LogP contribution in [0, 0.1) is 0 Å². The van der Waals surface area contributed by atoms with E-state index in [1.165, 1.54) is 0 Å². The van der Waals surface area contributed by atoms with Crippen molar-refractivity contribution in [3.05, 3.63) is 23.2 Å². The first kappa shape index (κ1) is 10.6. The van der Waals surface area contributed by atoms with E-state index in [0.29, 0.717) is 0 Å². The molecule has 1 aliphatic rings. The maximum atomic E-state index is 6.22. The number of benzene rings is 1. The Labute approximate surface area is 95.0 Å². The van der Waals surface area contributed by atoms with E-state index < -0.39 is 0 Å². The SMILES string of the molecule is CNc1ccc(N2CCOCC2)c(Cl)c1. The summed E-state index contributed by atoms with van der Waals surface area (Å²) in [4.78, 5) is 2.26. The Hall–Kier alpha value is -0.930. The van der Waals surface area contributed by atoms with Crippen LogP contribution >= 0.6 is 11.6 Å². The van der Waals surface area contributed by atoms with Crippen molar-refractivity contribution in [1.29, 1.82) is 0 Å². The minimum Gasteiger partial charge on any atom is -0.388 e. The fourth-order valence-corrected chi connectivity index (χ4v) is 2.02. The molecule has 0 atom stereocenters. The molecule has 1 fully saturated rings. The number of nitrogens with zero attached hydrogens (tertiary/aromatic N) is 1. The molecule has 0 aliphatic carbocycles. The van der Waals surface area contributed by atoms with Crippen molar-refractivity contribution in [1.82, 2.24) is 0 Å². The Morgan fingerprint density at radius 1 is 1.33 bits per heavy atom. The van der Waals surface area contributed by atoms with Crippen molar-refractivity contribution >= 4 is 23.0 Å². The zero-order valence-electron chi connectivity index (χ0n) is 8.79. The second-order valence-electron chi connectivity index (χ2n) is 3.52. The quantitative estimate of drug-likeness (QED) is 0.837. The average Bonchev–Trinajstić information content (AvgIpc) is 2.30. The van der Waals surface area contributed by atoms with E-state index in [9.17, 15) is 0 Å². The summed E-state index contributed by atoms with van der Waals surface area (Å²) in [5.74, 6) is 0. The van der Waals surface area contributed by atoms with E-state index in [2.05, 4.69) is 16.3 Å². The molecule has 2 rings (SSSR count). The van der Waals surface area contributed by atoms with Crippen LogP contribution in [0.15, 0.2) is 18.2 Å². The molecule has 1 N–H and O–H groups in total. The van der Waals surface area contributed by atoms with E-state index in [0.717, 1.165) is 42.7 Å². The van der Waals surface area contributed by atoms with Gasteiger partial charge in [0.1, 0.15) is 0 Å². The molecule has 0 bridgehead atoms. The Kier molecular flexibility index (Phi) is 3.34. The molecular formula is C11H15ClN2O. The number of anilines is 2. The lowest BCUT2D eigenvalue weighted by molar-refractivity contribution is 0.122. The van der Waals surface area contributed by atoms with Gasteiger partial charge in [-0.2, -0.15) is 0 Å². The standard InChI is InChI=1S/C11H15ClN2O/c1-13-9-2-3-11(10(12)8-9)14-4-6-15-7-5-14/h2-3,8,13H,4-7H2,1H3. The normalized spacial score (nSPS) is 16.5. The second kappa shape index (κ2) is 4.73. The van der Waals surface area contributed by atoms with Crippen LogP contribution in [-0.4, -0.2) is 33.4 Å². The van der Waals surface area contributed by atoms with Gasteiger partial charge in [-0.1, -0.05) is 11.6 Å². The van der Waals surface area contributed by atoms with Gasteiger partial charge in [0, 0.05) is 25.8 Å². The monoisotopic (exact) mass is 226 g/mol. The van der Waals surface area contributed by atoms with Crippen LogP contribution < -0.4 is 10.2 Å². The molecule has 0 spiro atoms. The minimum absolute atomic E-state index is 0.782. The van der Waals surface area contributed by atoms with Gasteiger partial charge in [-0.05, 0) is 18.2 Å². The lowest BCUT2D eigenvalue weighted by Crippen LogP contribution is -2.36. The summed E-state index contributed by atoms with van der Waals surface area (Å²) in [6.45, 7) is 3.39. The highest BCUT2D eigenvalue weighted by Crippen LogP contribution is 2.29. The molecule has 0 unspecified atom stereocenters. The van der Waals surface area contributed by atoms with Gasteiger partial charge >= 0.3 is 0 Å². The van der Waals surface area contributed by atoms with E-state index in [-0.39, 0.29) is 0 Å². The fraction of sp³-hybridized carbons (Fsp3) is 0.455. The van der Waals surface area contributed by atoms with Crippen molar-refractivity contribution in [3.8, 4) is 0 Å². The lowest BCUT2D eigenvalue weighted by atomic mass is 10.2. The molecule has 0 saturated carbocycles. The minimum atomic E-state index is 0.782. The zero-order valence-corrected chi connectivity index (χ0v) is 9.55. The number of morpholine rings is 1. The summed E-state index contributed by atoms with van der Waals surface area (Å²) < 4.78 is 5.31. The first-order valence-electron chi connectivity index (χ1n) is 5.11. The number of hydrogen-bond acceptors (Lipinski definition) is 3. The molecule has 1 aromatic carbocycles. The smallest absolute Gasteiger partial charge is 0.0660 e. The highest BCUT2D eigenvalue weighted by molar-refractivity contribution is 6.33. The molecule has 3 nitrogen and oxygen atoms in total. The van der Waals surface area contributed by atoms with Gasteiger partial charge in [0.05, 0.1) is 23.9 Å². The summed E-state index contributed by atoms with van der Waals surface area (Å²) in [6, 6.07) is 6.04. The van der Waals surface area contributed by atoms with Gasteiger partial charge in [0.25, 0.3) is 0 Å². The fourth-order valence-electron chi connectivity index (χ4n) is 1.72. The highest BCUT2D eigenvalue weighted by Gasteiger charge is 2.13. The first-order valence-corrected chi connectivity index (χ1v) is 5.49. The Balaban J connectivity index is 2.19. The summed E-state index contributed by atoms with van der Waals surface area (Å²) in [5, 5.41) is 3.87. The molecule has 1 aromatic rings. The number of nitrogens with one attached hydrogen (secondary N) is 1. The maximum Gasteiger partial charge on any atom is 0.0660 e. The Morgan fingerprint density at radius 3 is 2.67 bits per heavy atom. The van der Waals surface area contributed by atoms with Gasteiger partial charge in [0.15, 0.2) is 0 Å². The highest BCUT2D eigenvalue weighted by atomic mass is 35.5. The molecule has 1 saturated heterocycles. The molecule has 1 heterocycles. The molecule has 0 aromatic heterocycles. The van der Waals surface area contributed by atoms with Gasteiger partial charge in [-0.15, -0.1) is 0 Å². The number of halogens is 1. The van der Waals surface area contributed by atoms with E-state index in [4.69, 9.17) is 16.3 Å². The van der Waals surface area contributed by atoms with Gasteiger partial charge in [-0.25, -0.2) is 0 Å². The van der Waals surface area contributed by atoms with Crippen molar-refractivity contribution in [2.45, 2.75) is 0 Å².